The second-order valence-electron chi connectivity index (χ2n) is 5.63. The molecule has 0 spiro atoms. The molecule has 0 unspecified atom stereocenters. The molecule has 0 aliphatic rings. The van der Waals surface area contributed by atoms with Gasteiger partial charge in [0, 0.05) is 13.5 Å². The number of carbonyl (C=O) groups excluding carboxylic acids is 2. The Morgan fingerprint density at radius 1 is 0.857 bits per heavy atom. The zero-order valence-corrected chi connectivity index (χ0v) is 14.2. The van der Waals surface area contributed by atoms with Gasteiger partial charge in [0.25, 0.3) is 0 Å². The van der Waals surface area contributed by atoms with Crippen LogP contribution in [0, 0.1) is 0 Å². The van der Waals surface area contributed by atoms with E-state index in [2.05, 4.69) is 6.92 Å². The Bertz CT molecular complexity index is 279. The molecule has 4 nitrogen and oxygen atoms in total. The van der Waals surface area contributed by atoms with Crippen LogP contribution in [0.25, 0.3) is 0 Å². The molecule has 0 N–H and O–H groups in total. The lowest BCUT2D eigenvalue weighted by Gasteiger charge is -2.15. The Labute approximate surface area is 130 Å². The van der Waals surface area contributed by atoms with Crippen molar-refractivity contribution in [1.29, 1.82) is 0 Å². The standard InChI is InChI=1S/C17H33NO3/c1-4-6-7-8-9-10-11-12-13-14-16(19)18(3)15-17(20)21-5-2/h4-15H2,1-3H3. The lowest BCUT2D eigenvalue weighted by molar-refractivity contribution is -0.148. The van der Waals surface area contributed by atoms with Crippen molar-refractivity contribution < 1.29 is 14.3 Å². The van der Waals surface area contributed by atoms with E-state index in [4.69, 9.17) is 4.74 Å². The fraction of sp³-hybridized carbons (Fsp3) is 0.882. The molecule has 0 fully saturated rings. The summed E-state index contributed by atoms with van der Waals surface area (Å²) in [6.45, 7) is 4.42. The van der Waals surface area contributed by atoms with Crippen LogP contribution >= 0.6 is 0 Å². The van der Waals surface area contributed by atoms with Gasteiger partial charge in [0.2, 0.25) is 5.91 Å². The summed E-state index contributed by atoms with van der Waals surface area (Å²) in [5.74, 6) is -0.300. The molecule has 0 aromatic rings. The van der Waals surface area contributed by atoms with E-state index < -0.39 is 0 Å². The SMILES string of the molecule is CCCCCCCCCCCC(=O)N(C)CC(=O)OCC. The third-order valence-corrected chi connectivity index (χ3v) is 3.59. The highest BCUT2D eigenvalue weighted by atomic mass is 16.5. The summed E-state index contributed by atoms with van der Waals surface area (Å²) in [5.41, 5.74) is 0. The maximum atomic E-state index is 11.8. The van der Waals surface area contributed by atoms with E-state index in [1.807, 2.05) is 0 Å². The first-order valence-corrected chi connectivity index (χ1v) is 8.51. The van der Waals surface area contributed by atoms with Crippen molar-refractivity contribution in [2.45, 2.75) is 78.1 Å². The molecule has 0 rings (SSSR count). The van der Waals surface area contributed by atoms with Crippen molar-refractivity contribution >= 4 is 11.9 Å². The van der Waals surface area contributed by atoms with Crippen LogP contribution in [-0.2, 0) is 14.3 Å². The van der Waals surface area contributed by atoms with Gasteiger partial charge < -0.3 is 9.64 Å². The van der Waals surface area contributed by atoms with E-state index in [9.17, 15) is 9.59 Å². The number of rotatable bonds is 13. The van der Waals surface area contributed by atoms with Crippen LogP contribution in [0.5, 0.6) is 0 Å². The zero-order valence-electron chi connectivity index (χ0n) is 14.2. The topological polar surface area (TPSA) is 46.6 Å². The highest BCUT2D eigenvalue weighted by Crippen LogP contribution is 2.11. The number of ether oxygens (including phenoxy) is 1. The molecule has 21 heavy (non-hydrogen) atoms. The minimum atomic E-state index is -0.333. The molecule has 0 heterocycles. The fourth-order valence-corrected chi connectivity index (χ4v) is 2.27. The zero-order chi connectivity index (χ0) is 15.9. The number of unbranched alkanes of at least 4 members (excludes halogenated alkanes) is 8. The highest BCUT2D eigenvalue weighted by molar-refractivity contribution is 5.81. The van der Waals surface area contributed by atoms with Crippen LogP contribution in [0.2, 0.25) is 0 Å². The van der Waals surface area contributed by atoms with Gasteiger partial charge in [-0.15, -0.1) is 0 Å². The first kappa shape index (κ1) is 19.9. The minimum absolute atomic E-state index is 0.0333. The molecule has 0 aromatic carbocycles. The van der Waals surface area contributed by atoms with Crippen molar-refractivity contribution in [3.05, 3.63) is 0 Å². The molecule has 0 saturated heterocycles. The van der Waals surface area contributed by atoms with Gasteiger partial charge in [-0.3, -0.25) is 9.59 Å². The molecule has 0 aliphatic carbocycles. The van der Waals surface area contributed by atoms with Gasteiger partial charge in [0.15, 0.2) is 0 Å². The molecular weight excluding hydrogens is 266 g/mol. The second kappa shape index (κ2) is 13.9. The highest BCUT2D eigenvalue weighted by Gasteiger charge is 2.12. The molecule has 0 aromatic heterocycles. The lowest BCUT2D eigenvalue weighted by atomic mass is 10.1. The van der Waals surface area contributed by atoms with E-state index in [-0.39, 0.29) is 18.4 Å². The maximum Gasteiger partial charge on any atom is 0.325 e. The molecule has 124 valence electrons. The number of amides is 1. The molecule has 0 radical (unpaired) electrons. The Hall–Kier alpha value is -1.06. The van der Waals surface area contributed by atoms with Crippen LogP contribution in [0.3, 0.4) is 0 Å². The molecule has 1 amide bonds. The Morgan fingerprint density at radius 3 is 1.90 bits per heavy atom. The predicted octanol–water partition coefficient (Wildman–Crippen LogP) is 3.93. The molecular formula is C17H33NO3. The summed E-state index contributed by atoms with van der Waals surface area (Å²) in [4.78, 5) is 24.5. The van der Waals surface area contributed by atoms with Crippen LogP contribution in [0.15, 0.2) is 0 Å². The van der Waals surface area contributed by atoms with Gasteiger partial charge >= 0.3 is 5.97 Å². The normalized spacial score (nSPS) is 10.4. The Kier molecular flexibility index (Phi) is 13.2. The van der Waals surface area contributed by atoms with Crippen molar-refractivity contribution in [1.82, 2.24) is 4.90 Å². The van der Waals surface area contributed by atoms with Gasteiger partial charge in [0.1, 0.15) is 6.54 Å². The third-order valence-electron chi connectivity index (χ3n) is 3.59. The maximum absolute atomic E-state index is 11.8. The number of esters is 1. The van der Waals surface area contributed by atoms with Crippen molar-refractivity contribution in [2.75, 3.05) is 20.2 Å². The van der Waals surface area contributed by atoms with Crippen molar-refractivity contribution in [3.63, 3.8) is 0 Å². The van der Waals surface area contributed by atoms with Crippen molar-refractivity contribution in [2.24, 2.45) is 0 Å². The van der Waals surface area contributed by atoms with E-state index in [0.717, 1.165) is 12.8 Å². The quantitative estimate of drug-likeness (QED) is 0.382. The van der Waals surface area contributed by atoms with E-state index in [1.54, 1.807) is 14.0 Å². The first-order valence-electron chi connectivity index (χ1n) is 8.51. The van der Waals surface area contributed by atoms with Crippen LogP contribution < -0.4 is 0 Å². The largest absolute Gasteiger partial charge is 0.465 e. The number of hydrogen-bond donors (Lipinski definition) is 0. The average Bonchev–Trinajstić information content (AvgIpc) is 2.45. The monoisotopic (exact) mass is 299 g/mol. The van der Waals surface area contributed by atoms with E-state index in [0.29, 0.717) is 13.0 Å². The fourth-order valence-electron chi connectivity index (χ4n) is 2.27. The smallest absolute Gasteiger partial charge is 0.325 e. The van der Waals surface area contributed by atoms with Gasteiger partial charge in [-0.1, -0.05) is 58.3 Å². The number of hydrogen-bond acceptors (Lipinski definition) is 3. The molecule has 0 atom stereocenters. The summed E-state index contributed by atoms with van der Waals surface area (Å²) >= 11 is 0. The average molecular weight is 299 g/mol. The third kappa shape index (κ3) is 12.4. The van der Waals surface area contributed by atoms with E-state index >= 15 is 0 Å². The molecule has 0 aliphatic heterocycles. The van der Waals surface area contributed by atoms with Gasteiger partial charge in [-0.2, -0.15) is 0 Å². The Morgan fingerprint density at radius 2 is 1.38 bits per heavy atom. The number of carbonyl (C=O) groups is 2. The van der Waals surface area contributed by atoms with E-state index in [1.165, 1.54) is 49.8 Å². The van der Waals surface area contributed by atoms with Crippen LogP contribution in [0.4, 0.5) is 0 Å². The van der Waals surface area contributed by atoms with Gasteiger partial charge in [0.05, 0.1) is 6.61 Å². The Balaban J connectivity index is 3.46. The van der Waals surface area contributed by atoms with Crippen LogP contribution in [0.1, 0.15) is 78.1 Å². The summed E-state index contributed by atoms with van der Waals surface area (Å²) in [7, 11) is 1.66. The molecule has 0 bridgehead atoms. The summed E-state index contributed by atoms with van der Waals surface area (Å²) in [6.07, 6.45) is 11.7. The summed E-state index contributed by atoms with van der Waals surface area (Å²) in [5, 5.41) is 0. The summed E-state index contributed by atoms with van der Waals surface area (Å²) < 4.78 is 4.83. The minimum Gasteiger partial charge on any atom is -0.465 e. The second-order valence-corrected chi connectivity index (χ2v) is 5.63. The van der Waals surface area contributed by atoms with Crippen LogP contribution in [-0.4, -0.2) is 37.0 Å². The summed E-state index contributed by atoms with van der Waals surface area (Å²) in [6, 6.07) is 0. The van der Waals surface area contributed by atoms with Gasteiger partial charge in [-0.05, 0) is 13.3 Å². The number of nitrogens with zero attached hydrogens (tertiary/aromatic N) is 1. The first-order chi connectivity index (χ1) is 10.1. The molecule has 4 heteroatoms. The number of likely N-dealkylation sites (N-methyl/N-ethyl adjacent to an activating group) is 1. The predicted molar refractivity (Wildman–Crippen MR) is 86.1 cm³/mol. The lowest BCUT2D eigenvalue weighted by Crippen LogP contribution is -2.32. The van der Waals surface area contributed by atoms with Gasteiger partial charge in [-0.25, -0.2) is 0 Å². The molecule has 0 saturated carbocycles. The van der Waals surface area contributed by atoms with Crippen molar-refractivity contribution in [3.8, 4) is 0 Å².